The standard InChI is InChI=1S/C15H21NO3/c17-15(18)8-9-16(12-14-7-4-10-19-14)11-13-5-2-1-3-6-13/h1-3,5-6,14H,4,7-12H2,(H,17,18). The van der Waals surface area contributed by atoms with Crippen molar-refractivity contribution in [2.75, 3.05) is 19.7 Å². The van der Waals surface area contributed by atoms with Crippen molar-refractivity contribution in [2.24, 2.45) is 0 Å². The Labute approximate surface area is 114 Å². The minimum absolute atomic E-state index is 0.180. The number of ether oxygens (including phenoxy) is 1. The molecule has 1 saturated heterocycles. The number of carbonyl (C=O) groups is 1. The molecule has 1 aromatic rings. The fourth-order valence-corrected chi connectivity index (χ4v) is 2.41. The molecule has 1 aliphatic heterocycles. The first-order valence-electron chi connectivity index (χ1n) is 6.84. The van der Waals surface area contributed by atoms with Crippen molar-refractivity contribution in [2.45, 2.75) is 31.9 Å². The van der Waals surface area contributed by atoms with E-state index in [9.17, 15) is 4.79 Å². The average Bonchev–Trinajstić information content (AvgIpc) is 2.90. The Balaban J connectivity index is 1.90. The highest BCUT2D eigenvalue weighted by molar-refractivity contribution is 5.66. The second kappa shape index (κ2) is 7.26. The zero-order valence-corrected chi connectivity index (χ0v) is 11.1. The molecule has 0 aliphatic carbocycles. The predicted molar refractivity (Wildman–Crippen MR) is 72.9 cm³/mol. The average molecular weight is 263 g/mol. The fourth-order valence-electron chi connectivity index (χ4n) is 2.41. The summed E-state index contributed by atoms with van der Waals surface area (Å²) in [4.78, 5) is 12.9. The minimum Gasteiger partial charge on any atom is -0.481 e. The molecule has 1 aromatic carbocycles. The molecular weight excluding hydrogens is 242 g/mol. The van der Waals surface area contributed by atoms with E-state index in [0.29, 0.717) is 6.54 Å². The van der Waals surface area contributed by atoms with Crippen molar-refractivity contribution in [1.82, 2.24) is 4.90 Å². The van der Waals surface area contributed by atoms with Gasteiger partial charge >= 0.3 is 5.97 Å². The van der Waals surface area contributed by atoms with E-state index < -0.39 is 5.97 Å². The van der Waals surface area contributed by atoms with E-state index >= 15 is 0 Å². The summed E-state index contributed by atoms with van der Waals surface area (Å²) in [6.45, 7) is 3.02. The number of hydrogen-bond acceptors (Lipinski definition) is 3. The molecule has 104 valence electrons. The van der Waals surface area contributed by atoms with Gasteiger partial charge in [0.05, 0.1) is 12.5 Å². The van der Waals surface area contributed by atoms with Gasteiger partial charge in [0.2, 0.25) is 0 Å². The number of aliphatic carboxylic acids is 1. The van der Waals surface area contributed by atoms with Crippen LogP contribution in [0.15, 0.2) is 30.3 Å². The van der Waals surface area contributed by atoms with Crippen LogP contribution in [-0.4, -0.2) is 41.8 Å². The highest BCUT2D eigenvalue weighted by Crippen LogP contribution is 2.15. The lowest BCUT2D eigenvalue weighted by atomic mass is 10.1. The fraction of sp³-hybridized carbons (Fsp3) is 0.533. The number of nitrogens with zero attached hydrogens (tertiary/aromatic N) is 1. The normalized spacial score (nSPS) is 18.9. The summed E-state index contributed by atoms with van der Waals surface area (Å²) in [7, 11) is 0. The van der Waals surface area contributed by atoms with Gasteiger partial charge in [0.25, 0.3) is 0 Å². The van der Waals surface area contributed by atoms with E-state index in [1.54, 1.807) is 0 Å². The van der Waals surface area contributed by atoms with Gasteiger partial charge in [-0.25, -0.2) is 0 Å². The van der Waals surface area contributed by atoms with Gasteiger partial charge in [-0.3, -0.25) is 9.69 Å². The quantitative estimate of drug-likeness (QED) is 0.819. The largest absolute Gasteiger partial charge is 0.481 e. The van der Waals surface area contributed by atoms with E-state index in [-0.39, 0.29) is 12.5 Å². The number of hydrogen-bond donors (Lipinski definition) is 1. The summed E-state index contributed by atoms with van der Waals surface area (Å²) in [5.74, 6) is -0.745. The summed E-state index contributed by atoms with van der Waals surface area (Å²) in [6.07, 6.45) is 2.64. The molecule has 1 unspecified atom stereocenters. The third kappa shape index (κ3) is 5.01. The second-order valence-corrected chi connectivity index (χ2v) is 5.00. The van der Waals surface area contributed by atoms with Crippen LogP contribution in [0.1, 0.15) is 24.8 Å². The molecule has 2 rings (SSSR count). The summed E-state index contributed by atoms with van der Waals surface area (Å²) in [5.41, 5.74) is 1.21. The van der Waals surface area contributed by atoms with Crippen molar-refractivity contribution in [1.29, 1.82) is 0 Å². The van der Waals surface area contributed by atoms with Crippen molar-refractivity contribution < 1.29 is 14.6 Å². The highest BCUT2D eigenvalue weighted by Gasteiger charge is 2.19. The SMILES string of the molecule is O=C(O)CCN(Cc1ccccc1)CC1CCCO1. The van der Waals surface area contributed by atoms with Gasteiger partial charge in [-0.15, -0.1) is 0 Å². The zero-order chi connectivity index (χ0) is 13.5. The molecule has 0 radical (unpaired) electrons. The second-order valence-electron chi connectivity index (χ2n) is 5.00. The van der Waals surface area contributed by atoms with Crippen LogP contribution in [0.5, 0.6) is 0 Å². The van der Waals surface area contributed by atoms with E-state index in [1.165, 1.54) is 5.56 Å². The Bertz CT molecular complexity index is 388. The van der Waals surface area contributed by atoms with Crippen molar-refractivity contribution in [3.05, 3.63) is 35.9 Å². The zero-order valence-electron chi connectivity index (χ0n) is 11.1. The van der Waals surface area contributed by atoms with Crippen LogP contribution in [0.2, 0.25) is 0 Å². The lowest BCUT2D eigenvalue weighted by Gasteiger charge is -2.24. The predicted octanol–water partition coefficient (Wildman–Crippen LogP) is 2.14. The molecule has 0 saturated carbocycles. The molecule has 1 N–H and O–H groups in total. The van der Waals surface area contributed by atoms with Crippen LogP contribution in [0.3, 0.4) is 0 Å². The van der Waals surface area contributed by atoms with Gasteiger partial charge in [0.1, 0.15) is 0 Å². The van der Waals surface area contributed by atoms with Crippen molar-refractivity contribution >= 4 is 5.97 Å². The van der Waals surface area contributed by atoms with Crippen molar-refractivity contribution in [3.8, 4) is 0 Å². The Morgan fingerprint density at radius 1 is 1.37 bits per heavy atom. The maximum atomic E-state index is 10.7. The van der Waals surface area contributed by atoms with Crippen molar-refractivity contribution in [3.63, 3.8) is 0 Å². The van der Waals surface area contributed by atoms with Crippen LogP contribution in [0.25, 0.3) is 0 Å². The third-order valence-electron chi connectivity index (χ3n) is 3.38. The number of carboxylic acids is 1. The molecular formula is C15H21NO3. The summed E-state index contributed by atoms with van der Waals surface area (Å²) in [5, 5.41) is 8.83. The van der Waals surface area contributed by atoms with Gasteiger partial charge in [-0.2, -0.15) is 0 Å². The lowest BCUT2D eigenvalue weighted by Crippen LogP contribution is -2.33. The highest BCUT2D eigenvalue weighted by atomic mass is 16.5. The number of benzene rings is 1. The summed E-state index contributed by atoms with van der Waals surface area (Å²) >= 11 is 0. The molecule has 1 atom stereocenters. The van der Waals surface area contributed by atoms with E-state index in [4.69, 9.17) is 9.84 Å². The first-order valence-corrected chi connectivity index (χ1v) is 6.84. The van der Waals surface area contributed by atoms with Gasteiger partial charge in [-0.05, 0) is 18.4 Å². The summed E-state index contributed by atoms with van der Waals surface area (Å²) in [6, 6.07) is 10.2. The Morgan fingerprint density at radius 3 is 2.79 bits per heavy atom. The molecule has 0 bridgehead atoms. The first kappa shape index (κ1) is 14.0. The smallest absolute Gasteiger partial charge is 0.304 e. The Kier molecular flexibility index (Phi) is 5.36. The minimum atomic E-state index is -0.745. The third-order valence-corrected chi connectivity index (χ3v) is 3.38. The maximum Gasteiger partial charge on any atom is 0.304 e. The van der Waals surface area contributed by atoms with Gasteiger partial charge < -0.3 is 9.84 Å². The van der Waals surface area contributed by atoms with Gasteiger partial charge in [0.15, 0.2) is 0 Å². The van der Waals surface area contributed by atoms with E-state index in [2.05, 4.69) is 17.0 Å². The number of rotatable bonds is 7. The molecule has 0 aromatic heterocycles. The molecule has 1 aliphatic rings. The van der Waals surface area contributed by atoms with Crippen LogP contribution in [0, 0.1) is 0 Å². The molecule has 0 amide bonds. The van der Waals surface area contributed by atoms with E-state index in [0.717, 1.165) is 32.5 Å². The summed E-state index contributed by atoms with van der Waals surface area (Å²) < 4.78 is 5.64. The Hall–Kier alpha value is -1.39. The lowest BCUT2D eigenvalue weighted by molar-refractivity contribution is -0.137. The topological polar surface area (TPSA) is 49.8 Å². The molecule has 0 spiro atoms. The molecule has 4 nitrogen and oxygen atoms in total. The van der Waals surface area contributed by atoms with E-state index in [1.807, 2.05) is 18.2 Å². The molecule has 19 heavy (non-hydrogen) atoms. The molecule has 4 heteroatoms. The first-order chi connectivity index (χ1) is 9.24. The van der Waals surface area contributed by atoms with Crippen LogP contribution >= 0.6 is 0 Å². The van der Waals surface area contributed by atoms with Gasteiger partial charge in [-0.1, -0.05) is 30.3 Å². The maximum absolute atomic E-state index is 10.7. The molecule has 1 heterocycles. The van der Waals surface area contributed by atoms with Crippen LogP contribution in [-0.2, 0) is 16.1 Å². The Morgan fingerprint density at radius 2 is 2.16 bits per heavy atom. The number of carboxylic acid groups (broad SMARTS) is 1. The van der Waals surface area contributed by atoms with Crippen LogP contribution < -0.4 is 0 Å². The van der Waals surface area contributed by atoms with Crippen LogP contribution in [0.4, 0.5) is 0 Å². The monoisotopic (exact) mass is 263 g/mol. The molecule has 1 fully saturated rings. The van der Waals surface area contributed by atoms with Gasteiger partial charge in [0, 0.05) is 26.2 Å².